The first-order chi connectivity index (χ1) is 8.97. The molecule has 7 heteroatoms. The number of nitrogens with zero attached hydrogens (tertiary/aromatic N) is 1. The predicted octanol–water partition coefficient (Wildman–Crippen LogP) is 2.85. The average Bonchev–Trinajstić information content (AvgIpc) is 2.37. The quantitative estimate of drug-likeness (QED) is 0.629. The van der Waals surface area contributed by atoms with Crippen LogP contribution in [-0.4, -0.2) is 12.0 Å². The summed E-state index contributed by atoms with van der Waals surface area (Å²) in [6.45, 7) is -5.19. The number of rotatable bonds is 4. The van der Waals surface area contributed by atoms with Crippen molar-refractivity contribution in [3.63, 3.8) is 0 Å². The summed E-state index contributed by atoms with van der Waals surface area (Å²) in [6.07, 6.45) is 3.04. The number of aromatic nitrogens is 1. The molecule has 100 valence electrons. The van der Waals surface area contributed by atoms with E-state index < -0.39 is 24.0 Å². The van der Waals surface area contributed by atoms with Crippen molar-refractivity contribution in [3.05, 3.63) is 54.1 Å². The lowest BCUT2D eigenvalue weighted by molar-refractivity contribution is 0.290. The third-order valence-corrected chi connectivity index (χ3v) is 2.48. The number of benzene rings is 1. The molecule has 0 aliphatic carbocycles. The van der Waals surface area contributed by atoms with E-state index in [0.29, 0.717) is 17.7 Å². The zero-order valence-corrected chi connectivity index (χ0v) is 9.69. The molecule has 0 aliphatic heterocycles. The monoisotopic (exact) mass is 270 g/mol. The highest BCUT2D eigenvalue weighted by Gasteiger charge is 2.26. The Morgan fingerprint density at radius 2 is 1.74 bits per heavy atom. The molecule has 0 spiro atoms. The first-order valence-electron chi connectivity index (χ1n) is 5.48. The Hall–Kier alpha value is -2.05. The standard InChI is InChI=1S/C12H9BF4NO/c14-11-2-1-10(13(15,16)17)7-12(11)19-8-9-3-5-18-6-4-9/h1-7H,8H2/q-1. The van der Waals surface area contributed by atoms with E-state index in [1.165, 1.54) is 12.4 Å². The Morgan fingerprint density at radius 1 is 1.05 bits per heavy atom. The molecular weight excluding hydrogens is 261 g/mol. The molecular formula is C12H9BF4NO-. The van der Waals surface area contributed by atoms with E-state index >= 15 is 0 Å². The summed E-state index contributed by atoms with van der Waals surface area (Å²) < 4.78 is 56.0. The third-order valence-electron chi connectivity index (χ3n) is 2.48. The van der Waals surface area contributed by atoms with Crippen molar-refractivity contribution < 1.29 is 22.1 Å². The van der Waals surface area contributed by atoms with Gasteiger partial charge in [0.1, 0.15) is 6.61 Å². The Morgan fingerprint density at radius 3 is 2.37 bits per heavy atom. The summed E-state index contributed by atoms with van der Waals surface area (Å²) in [7, 11) is 0. The highest BCUT2D eigenvalue weighted by Crippen LogP contribution is 2.19. The lowest BCUT2D eigenvalue weighted by Gasteiger charge is -2.16. The van der Waals surface area contributed by atoms with Crippen LogP contribution in [0.25, 0.3) is 0 Å². The molecule has 0 bridgehead atoms. The van der Waals surface area contributed by atoms with Crippen LogP contribution in [0.1, 0.15) is 5.56 Å². The van der Waals surface area contributed by atoms with Crippen LogP contribution < -0.4 is 10.2 Å². The van der Waals surface area contributed by atoms with Crippen molar-refractivity contribution in [1.82, 2.24) is 4.98 Å². The molecule has 2 rings (SSSR count). The van der Waals surface area contributed by atoms with Gasteiger partial charge < -0.3 is 17.7 Å². The molecule has 0 aliphatic rings. The van der Waals surface area contributed by atoms with E-state index in [4.69, 9.17) is 4.74 Å². The van der Waals surface area contributed by atoms with E-state index in [9.17, 15) is 17.3 Å². The van der Waals surface area contributed by atoms with Gasteiger partial charge in [-0.05, 0) is 29.8 Å². The van der Waals surface area contributed by atoms with Crippen LogP contribution in [0.15, 0.2) is 42.7 Å². The van der Waals surface area contributed by atoms with Crippen LogP contribution in [0, 0.1) is 5.82 Å². The van der Waals surface area contributed by atoms with E-state index in [2.05, 4.69) is 4.98 Å². The highest BCUT2D eigenvalue weighted by atomic mass is 19.4. The highest BCUT2D eigenvalue weighted by molar-refractivity contribution is 6.73. The maximum absolute atomic E-state index is 13.4. The smallest absolute Gasteiger partial charge is 0.486 e. The summed E-state index contributed by atoms with van der Waals surface area (Å²) in [5.41, 5.74) is -0.191. The maximum Gasteiger partial charge on any atom is 0.509 e. The molecule has 0 fully saturated rings. The summed E-state index contributed by atoms with van der Waals surface area (Å²) in [6, 6.07) is 5.41. The van der Waals surface area contributed by atoms with Gasteiger partial charge in [-0.1, -0.05) is 6.07 Å². The zero-order chi connectivity index (χ0) is 13.9. The van der Waals surface area contributed by atoms with Crippen molar-refractivity contribution in [2.24, 2.45) is 0 Å². The molecule has 1 aromatic heterocycles. The van der Waals surface area contributed by atoms with Crippen molar-refractivity contribution in [3.8, 4) is 5.75 Å². The van der Waals surface area contributed by atoms with E-state index in [1.54, 1.807) is 12.1 Å². The number of pyridine rings is 1. The van der Waals surface area contributed by atoms with Crippen molar-refractivity contribution in [2.75, 3.05) is 0 Å². The molecule has 0 N–H and O–H groups in total. The number of hydrogen-bond acceptors (Lipinski definition) is 2. The van der Waals surface area contributed by atoms with Gasteiger partial charge in [-0.3, -0.25) is 4.98 Å². The lowest BCUT2D eigenvalue weighted by Crippen LogP contribution is -2.34. The van der Waals surface area contributed by atoms with Crippen LogP contribution in [0.3, 0.4) is 0 Å². The second-order valence-corrected chi connectivity index (χ2v) is 3.91. The van der Waals surface area contributed by atoms with Crippen LogP contribution in [0.5, 0.6) is 5.75 Å². The van der Waals surface area contributed by atoms with E-state index in [1.807, 2.05) is 0 Å². The van der Waals surface area contributed by atoms with Gasteiger partial charge in [0.25, 0.3) is 0 Å². The molecule has 0 radical (unpaired) electrons. The molecule has 1 aromatic carbocycles. The van der Waals surface area contributed by atoms with Crippen molar-refractivity contribution in [2.45, 2.75) is 6.61 Å². The third kappa shape index (κ3) is 3.46. The van der Waals surface area contributed by atoms with Crippen LogP contribution in [-0.2, 0) is 6.61 Å². The van der Waals surface area contributed by atoms with Crippen molar-refractivity contribution in [1.29, 1.82) is 0 Å². The largest absolute Gasteiger partial charge is 0.509 e. The zero-order valence-electron chi connectivity index (χ0n) is 9.69. The summed E-state index contributed by atoms with van der Waals surface area (Å²) in [5.74, 6) is -1.23. The number of ether oxygens (including phenoxy) is 1. The summed E-state index contributed by atoms with van der Waals surface area (Å²) >= 11 is 0. The SMILES string of the molecule is Fc1ccc([B-](F)(F)F)cc1OCc1ccncc1. The molecule has 2 aromatic rings. The molecule has 0 atom stereocenters. The minimum atomic E-state index is -5.17. The predicted molar refractivity (Wildman–Crippen MR) is 63.7 cm³/mol. The van der Waals surface area contributed by atoms with Crippen LogP contribution in [0.4, 0.5) is 17.3 Å². The minimum Gasteiger partial charge on any atom is -0.486 e. The normalized spacial score (nSPS) is 11.4. The summed E-state index contributed by atoms with van der Waals surface area (Å²) in [5, 5.41) is 0. The van der Waals surface area contributed by atoms with Gasteiger partial charge in [-0.2, -0.15) is 0 Å². The fourth-order valence-electron chi connectivity index (χ4n) is 1.47. The minimum absolute atomic E-state index is 0.0201. The Balaban J connectivity index is 2.16. The summed E-state index contributed by atoms with van der Waals surface area (Å²) in [4.78, 5) is 3.79. The van der Waals surface area contributed by atoms with Crippen molar-refractivity contribution >= 4 is 12.4 Å². The topological polar surface area (TPSA) is 22.1 Å². The Kier molecular flexibility index (Phi) is 3.73. The molecule has 19 heavy (non-hydrogen) atoms. The van der Waals surface area contributed by atoms with Gasteiger partial charge in [-0.15, -0.1) is 5.46 Å². The second kappa shape index (κ2) is 5.30. The number of hydrogen-bond donors (Lipinski definition) is 0. The van der Waals surface area contributed by atoms with Gasteiger partial charge in [0.2, 0.25) is 0 Å². The van der Waals surface area contributed by atoms with Gasteiger partial charge in [-0.25, -0.2) is 4.39 Å². The van der Waals surface area contributed by atoms with Crippen LogP contribution in [0.2, 0.25) is 0 Å². The fourth-order valence-corrected chi connectivity index (χ4v) is 1.47. The molecule has 2 nitrogen and oxygen atoms in total. The first kappa shape index (κ1) is 13.4. The van der Waals surface area contributed by atoms with E-state index in [-0.39, 0.29) is 6.61 Å². The fraction of sp³-hybridized carbons (Fsp3) is 0.0833. The second-order valence-electron chi connectivity index (χ2n) is 3.91. The Bertz CT molecular complexity index is 559. The average molecular weight is 270 g/mol. The molecule has 0 unspecified atom stereocenters. The van der Waals surface area contributed by atoms with Crippen LogP contribution >= 0.6 is 0 Å². The van der Waals surface area contributed by atoms with Gasteiger partial charge in [0.05, 0.1) is 0 Å². The van der Waals surface area contributed by atoms with Gasteiger partial charge in [0.15, 0.2) is 11.6 Å². The van der Waals surface area contributed by atoms with Gasteiger partial charge >= 0.3 is 6.98 Å². The van der Waals surface area contributed by atoms with Gasteiger partial charge in [0, 0.05) is 12.4 Å². The molecule has 0 amide bonds. The maximum atomic E-state index is 13.4. The van der Waals surface area contributed by atoms with E-state index in [0.717, 1.165) is 6.07 Å². The molecule has 0 saturated heterocycles. The first-order valence-corrected chi connectivity index (χ1v) is 5.48. The molecule has 0 saturated carbocycles. The molecule has 1 heterocycles. The lowest BCUT2D eigenvalue weighted by atomic mass is 9.80. The number of halogens is 4. The Labute approximate surface area is 107 Å².